The van der Waals surface area contributed by atoms with Gasteiger partial charge in [-0.05, 0) is 146 Å². The first kappa shape index (κ1) is 20.6. The van der Waals surface area contributed by atoms with E-state index in [4.69, 9.17) is 0 Å². The maximum atomic E-state index is 2.85. The fourth-order valence-corrected chi connectivity index (χ4v) is 11.7. The summed E-state index contributed by atoms with van der Waals surface area (Å²) >= 11 is 0. The van der Waals surface area contributed by atoms with Crippen LogP contribution in [0.15, 0.2) is 0 Å². The van der Waals surface area contributed by atoms with Crippen molar-refractivity contribution in [1.29, 1.82) is 0 Å². The molecule has 6 rings (SSSR count). The Hall–Kier alpha value is 0. The zero-order valence-corrected chi connectivity index (χ0v) is 21.0. The van der Waals surface area contributed by atoms with Crippen molar-refractivity contribution in [2.75, 3.05) is 0 Å². The minimum Gasteiger partial charge on any atom is -0.0617 e. The molecule has 0 bridgehead atoms. The van der Waals surface area contributed by atoms with E-state index in [1.807, 2.05) is 0 Å². The van der Waals surface area contributed by atoms with Crippen LogP contribution >= 0.6 is 0 Å². The predicted molar refractivity (Wildman–Crippen MR) is 127 cm³/mol. The lowest BCUT2D eigenvalue weighted by Gasteiger charge is -2.71. The lowest BCUT2D eigenvalue weighted by molar-refractivity contribution is -0.229. The second-order valence-corrected chi connectivity index (χ2v) is 14.6. The first-order chi connectivity index (χ1) is 14.2. The minimum atomic E-state index is 0.474. The van der Waals surface area contributed by atoms with Gasteiger partial charge in [-0.25, -0.2) is 0 Å². The molecule has 6 fully saturated rings. The molecule has 0 aromatic carbocycles. The van der Waals surface area contributed by atoms with Gasteiger partial charge in [0.15, 0.2) is 0 Å². The fourth-order valence-electron chi connectivity index (χ4n) is 11.7. The van der Waals surface area contributed by atoms with Crippen molar-refractivity contribution in [1.82, 2.24) is 0 Å². The molecule has 10 atom stereocenters. The van der Waals surface area contributed by atoms with Crippen molar-refractivity contribution in [2.24, 2.45) is 69.0 Å². The molecule has 0 spiro atoms. The Morgan fingerprint density at radius 2 is 1.47 bits per heavy atom. The second-order valence-electron chi connectivity index (χ2n) is 14.6. The normalized spacial score (nSPS) is 58.2. The van der Waals surface area contributed by atoms with Crippen LogP contribution in [-0.2, 0) is 0 Å². The van der Waals surface area contributed by atoms with Crippen LogP contribution in [0.1, 0.15) is 112 Å². The SMILES string of the molecule is CC1C2C3CCC4C[CH]CCC4C3CCC2C2(C)C(C3(C)CC3)CCC2(C)C1(C)C. The highest BCUT2D eigenvalue weighted by Gasteiger charge is 2.74. The Bertz CT molecular complexity index is 699. The molecule has 1 radical (unpaired) electrons. The molecular weight excluding hydrogens is 360 g/mol. The highest BCUT2D eigenvalue weighted by Crippen LogP contribution is 2.81. The Labute approximate surface area is 187 Å². The molecule has 6 saturated carbocycles. The monoisotopic (exact) mass is 409 g/mol. The summed E-state index contributed by atoms with van der Waals surface area (Å²) in [4.78, 5) is 0. The van der Waals surface area contributed by atoms with Crippen LogP contribution in [0.25, 0.3) is 0 Å². The average Bonchev–Trinajstić information content (AvgIpc) is 3.40. The summed E-state index contributed by atoms with van der Waals surface area (Å²) in [6.07, 6.45) is 19.3. The molecule has 0 N–H and O–H groups in total. The summed E-state index contributed by atoms with van der Waals surface area (Å²) in [5, 5.41) is 0. The molecule has 0 heterocycles. The number of hydrogen-bond acceptors (Lipinski definition) is 0. The summed E-state index contributed by atoms with van der Waals surface area (Å²) in [6, 6.07) is 0. The summed E-state index contributed by atoms with van der Waals surface area (Å²) < 4.78 is 0. The molecule has 0 aromatic heterocycles. The van der Waals surface area contributed by atoms with Gasteiger partial charge in [-0.3, -0.25) is 0 Å². The largest absolute Gasteiger partial charge is 0.0617 e. The summed E-state index contributed by atoms with van der Waals surface area (Å²) in [6.45, 7) is 16.4. The van der Waals surface area contributed by atoms with Crippen molar-refractivity contribution < 1.29 is 0 Å². The van der Waals surface area contributed by atoms with E-state index >= 15 is 0 Å². The van der Waals surface area contributed by atoms with Crippen LogP contribution in [0.5, 0.6) is 0 Å². The van der Waals surface area contributed by atoms with Gasteiger partial charge in [0.1, 0.15) is 0 Å². The van der Waals surface area contributed by atoms with Crippen molar-refractivity contribution in [3.8, 4) is 0 Å². The molecule has 6 aliphatic carbocycles. The van der Waals surface area contributed by atoms with Gasteiger partial charge >= 0.3 is 0 Å². The smallest absolute Gasteiger partial charge is 0.0202 e. The lowest BCUT2D eigenvalue weighted by atomic mass is 9.34. The van der Waals surface area contributed by atoms with Gasteiger partial charge in [0.05, 0.1) is 0 Å². The average molecular weight is 410 g/mol. The first-order valence-electron chi connectivity index (χ1n) is 14.0. The third kappa shape index (κ3) is 2.31. The Morgan fingerprint density at radius 1 is 0.733 bits per heavy atom. The van der Waals surface area contributed by atoms with E-state index in [0.29, 0.717) is 21.7 Å². The van der Waals surface area contributed by atoms with Gasteiger partial charge in [0.2, 0.25) is 0 Å². The quantitative estimate of drug-likeness (QED) is 0.407. The summed E-state index contributed by atoms with van der Waals surface area (Å²) in [7, 11) is 0. The molecule has 0 heteroatoms. The molecule has 0 aromatic rings. The predicted octanol–water partition coefficient (Wildman–Crippen LogP) is 8.56. The number of fused-ring (bicyclic) bond motifs is 7. The van der Waals surface area contributed by atoms with E-state index in [0.717, 1.165) is 47.3 Å². The molecule has 169 valence electrons. The van der Waals surface area contributed by atoms with Crippen LogP contribution in [0, 0.1) is 75.4 Å². The van der Waals surface area contributed by atoms with E-state index in [1.54, 1.807) is 25.7 Å². The van der Waals surface area contributed by atoms with Crippen molar-refractivity contribution in [3.63, 3.8) is 0 Å². The maximum absolute atomic E-state index is 2.85. The summed E-state index contributed by atoms with van der Waals surface area (Å²) in [5.41, 5.74) is 2.26. The van der Waals surface area contributed by atoms with Crippen LogP contribution in [0.2, 0.25) is 0 Å². The van der Waals surface area contributed by atoms with Gasteiger partial charge in [-0.1, -0.05) is 41.5 Å². The van der Waals surface area contributed by atoms with Gasteiger partial charge < -0.3 is 0 Å². The molecule has 0 amide bonds. The van der Waals surface area contributed by atoms with Crippen LogP contribution < -0.4 is 0 Å². The Morgan fingerprint density at radius 3 is 2.20 bits per heavy atom. The topological polar surface area (TPSA) is 0 Å². The first-order valence-corrected chi connectivity index (χ1v) is 14.0. The number of hydrogen-bond donors (Lipinski definition) is 0. The van der Waals surface area contributed by atoms with E-state index in [9.17, 15) is 0 Å². The zero-order valence-electron chi connectivity index (χ0n) is 21.0. The number of rotatable bonds is 1. The van der Waals surface area contributed by atoms with Crippen LogP contribution in [-0.4, -0.2) is 0 Å². The van der Waals surface area contributed by atoms with Gasteiger partial charge in [-0.15, -0.1) is 0 Å². The molecule has 0 saturated heterocycles. The van der Waals surface area contributed by atoms with E-state index < -0.39 is 0 Å². The van der Waals surface area contributed by atoms with E-state index in [2.05, 4.69) is 48.0 Å². The fraction of sp³-hybridized carbons (Fsp3) is 0.967. The highest BCUT2D eigenvalue weighted by molar-refractivity contribution is 5.22. The standard InChI is InChI=1S/C30H49/c1-19-26-23-12-11-20-9-7-8-10-21(20)22(23)13-14-24(26)30(6)25(28(4)17-18-28)15-16-29(30,5)27(19,2)3/h7,19-26H,8-18H2,1-6H3. The van der Waals surface area contributed by atoms with Crippen LogP contribution in [0.3, 0.4) is 0 Å². The second kappa shape index (κ2) is 6.32. The van der Waals surface area contributed by atoms with Crippen molar-refractivity contribution in [2.45, 2.75) is 112 Å². The van der Waals surface area contributed by atoms with E-state index in [1.165, 1.54) is 44.9 Å². The molecule has 0 aliphatic heterocycles. The Kier molecular flexibility index (Phi) is 4.34. The third-order valence-corrected chi connectivity index (χ3v) is 14.2. The van der Waals surface area contributed by atoms with Gasteiger partial charge in [-0.2, -0.15) is 0 Å². The van der Waals surface area contributed by atoms with Crippen molar-refractivity contribution >= 4 is 0 Å². The zero-order chi connectivity index (χ0) is 21.1. The van der Waals surface area contributed by atoms with Gasteiger partial charge in [0, 0.05) is 0 Å². The molecule has 6 aliphatic rings. The van der Waals surface area contributed by atoms with Gasteiger partial charge in [0.25, 0.3) is 0 Å². The highest BCUT2D eigenvalue weighted by atomic mass is 14.8. The maximum Gasteiger partial charge on any atom is -0.0202 e. The van der Waals surface area contributed by atoms with Crippen LogP contribution in [0.4, 0.5) is 0 Å². The van der Waals surface area contributed by atoms with E-state index in [-0.39, 0.29) is 0 Å². The summed E-state index contributed by atoms with van der Waals surface area (Å²) in [5.74, 6) is 8.14. The molecular formula is C30H49. The minimum absolute atomic E-state index is 0.474. The Balaban J connectivity index is 1.42. The lowest BCUT2D eigenvalue weighted by Crippen LogP contribution is -2.65. The molecule has 30 heavy (non-hydrogen) atoms. The third-order valence-electron chi connectivity index (χ3n) is 14.2. The molecule has 10 unspecified atom stereocenters. The van der Waals surface area contributed by atoms with Crippen molar-refractivity contribution in [3.05, 3.63) is 6.42 Å². The molecule has 0 nitrogen and oxygen atoms in total.